The second-order valence-corrected chi connectivity index (χ2v) is 4.80. The SMILES string of the molecule is O=C(NCC(O)c1cccc(OC(F)F)c1)c1ccc(F)cc1F. The Hall–Kier alpha value is -2.61. The molecular formula is C16H13F4NO3. The van der Waals surface area contributed by atoms with E-state index in [0.717, 1.165) is 12.1 Å². The summed E-state index contributed by atoms with van der Waals surface area (Å²) < 4.78 is 54.8. The number of nitrogens with one attached hydrogen (secondary N) is 1. The molecule has 1 atom stereocenters. The van der Waals surface area contributed by atoms with E-state index in [0.29, 0.717) is 6.07 Å². The molecule has 0 aliphatic heterocycles. The quantitative estimate of drug-likeness (QED) is 0.793. The Labute approximate surface area is 134 Å². The molecule has 0 aromatic heterocycles. The Morgan fingerprint density at radius 3 is 2.58 bits per heavy atom. The molecule has 24 heavy (non-hydrogen) atoms. The third-order valence-electron chi connectivity index (χ3n) is 3.10. The van der Waals surface area contributed by atoms with Gasteiger partial charge in [-0.15, -0.1) is 0 Å². The van der Waals surface area contributed by atoms with Gasteiger partial charge >= 0.3 is 6.61 Å². The van der Waals surface area contributed by atoms with Crippen molar-refractivity contribution >= 4 is 5.91 Å². The summed E-state index contributed by atoms with van der Waals surface area (Å²) in [6.45, 7) is -3.30. The molecule has 0 bridgehead atoms. The highest BCUT2D eigenvalue weighted by atomic mass is 19.3. The summed E-state index contributed by atoms with van der Waals surface area (Å²) in [6.07, 6.45) is -1.22. The van der Waals surface area contributed by atoms with Crippen molar-refractivity contribution in [1.82, 2.24) is 5.32 Å². The fourth-order valence-corrected chi connectivity index (χ4v) is 1.97. The van der Waals surface area contributed by atoms with Gasteiger partial charge in [0.15, 0.2) is 0 Å². The lowest BCUT2D eigenvalue weighted by Crippen LogP contribution is -2.29. The monoisotopic (exact) mass is 343 g/mol. The zero-order valence-corrected chi connectivity index (χ0v) is 12.2. The lowest BCUT2D eigenvalue weighted by Gasteiger charge is -2.14. The number of alkyl halides is 2. The first kappa shape index (κ1) is 17.7. The average molecular weight is 343 g/mol. The Bertz CT molecular complexity index is 724. The van der Waals surface area contributed by atoms with E-state index in [1.54, 1.807) is 0 Å². The Morgan fingerprint density at radius 1 is 1.17 bits per heavy atom. The van der Waals surface area contributed by atoms with E-state index < -0.39 is 30.3 Å². The topological polar surface area (TPSA) is 58.6 Å². The minimum atomic E-state index is -3.00. The van der Waals surface area contributed by atoms with Crippen molar-refractivity contribution in [3.63, 3.8) is 0 Å². The van der Waals surface area contributed by atoms with E-state index in [-0.39, 0.29) is 23.4 Å². The van der Waals surface area contributed by atoms with Crippen molar-refractivity contribution < 1.29 is 32.2 Å². The van der Waals surface area contributed by atoms with E-state index in [4.69, 9.17) is 0 Å². The molecule has 0 radical (unpaired) electrons. The normalized spacial score (nSPS) is 12.1. The zero-order chi connectivity index (χ0) is 17.7. The minimum absolute atomic E-state index is 0.141. The molecule has 1 amide bonds. The minimum Gasteiger partial charge on any atom is -0.435 e. The van der Waals surface area contributed by atoms with Crippen LogP contribution in [0, 0.1) is 11.6 Å². The van der Waals surface area contributed by atoms with Crippen LogP contribution in [0.1, 0.15) is 22.0 Å². The molecular weight excluding hydrogens is 330 g/mol. The summed E-state index contributed by atoms with van der Waals surface area (Å²) in [6, 6.07) is 7.81. The third kappa shape index (κ3) is 4.69. The van der Waals surface area contributed by atoms with Crippen molar-refractivity contribution in [3.8, 4) is 5.75 Å². The van der Waals surface area contributed by atoms with E-state index in [1.807, 2.05) is 0 Å². The van der Waals surface area contributed by atoms with Crippen molar-refractivity contribution in [2.24, 2.45) is 0 Å². The van der Waals surface area contributed by atoms with Crippen LogP contribution < -0.4 is 10.1 Å². The number of rotatable bonds is 6. The Kier molecular flexibility index (Phi) is 5.75. The van der Waals surface area contributed by atoms with Crippen molar-refractivity contribution in [3.05, 3.63) is 65.2 Å². The number of carbonyl (C=O) groups excluding carboxylic acids is 1. The van der Waals surface area contributed by atoms with Crippen LogP contribution >= 0.6 is 0 Å². The first-order valence-corrected chi connectivity index (χ1v) is 6.83. The molecule has 4 nitrogen and oxygen atoms in total. The molecule has 0 saturated heterocycles. The van der Waals surface area contributed by atoms with Gasteiger partial charge in [-0.05, 0) is 29.8 Å². The van der Waals surface area contributed by atoms with Crippen LogP contribution in [0.5, 0.6) is 5.75 Å². The molecule has 8 heteroatoms. The number of carbonyl (C=O) groups is 1. The van der Waals surface area contributed by atoms with Gasteiger partial charge in [0.25, 0.3) is 5.91 Å². The van der Waals surface area contributed by atoms with Crippen molar-refractivity contribution in [2.45, 2.75) is 12.7 Å². The molecule has 2 aromatic rings. The lowest BCUT2D eigenvalue weighted by atomic mass is 10.1. The van der Waals surface area contributed by atoms with Crippen molar-refractivity contribution in [2.75, 3.05) is 6.54 Å². The Morgan fingerprint density at radius 2 is 1.92 bits per heavy atom. The van der Waals surface area contributed by atoms with E-state index in [2.05, 4.69) is 10.1 Å². The average Bonchev–Trinajstić information content (AvgIpc) is 2.52. The lowest BCUT2D eigenvalue weighted by molar-refractivity contribution is -0.0499. The highest BCUT2D eigenvalue weighted by molar-refractivity contribution is 5.94. The van der Waals surface area contributed by atoms with Gasteiger partial charge in [-0.25, -0.2) is 8.78 Å². The summed E-state index contributed by atoms with van der Waals surface area (Å²) in [5.74, 6) is -2.83. The third-order valence-corrected chi connectivity index (χ3v) is 3.10. The highest BCUT2D eigenvalue weighted by Gasteiger charge is 2.15. The molecule has 0 saturated carbocycles. The maximum absolute atomic E-state index is 13.5. The van der Waals surface area contributed by atoms with Gasteiger partial charge in [-0.2, -0.15) is 8.78 Å². The van der Waals surface area contributed by atoms with Crippen LogP contribution in [0.15, 0.2) is 42.5 Å². The Balaban J connectivity index is 1.99. The number of aliphatic hydroxyl groups is 1. The van der Waals surface area contributed by atoms with Crippen molar-refractivity contribution in [1.29, 1.82) is 0 Å². The number of halogens is 4. The number of amides is 1. The molecule has 2 rings (SSSR count). The molecule has 2 N–H and O–H groups in total. The molecule has 0 spiro atoms. The van der Waals surface area contributed by atoms with Gasteiger partial charge in [-0.1, -0.05) is 12.1 Å². The van der Waals surface area contributed by atoms with Crippen LogP contribution in [0.3, 0.4) is 0 Å². The van der Waals surface area contributed by atoms with Crippen LogP contribution in [-0.2, 0) is 0 Å². The van der Waals surface area contributed by atoms with E-state index in [1.165, 1.54) is 24.3 Å². The molecule has 0 aliphatic rings. The molecule has 0 heterocycles. The van der Waals surface area contributed by atoms with Gasteiger partial charge in [0, 0.05) is 12.6 Å². The van der Waals surface area contributed by atoms with Crippen LogP contribution in [0.4, 0.5) is 17.6 Å². The van der Waals surface area contributed by atoms with Gasteiger partial charge in [0.2, 0.25) is 0 Å². The smallest absolute Gasteiger partial charge is 0.387 e. The zero-order valence-electron chi connectivity index (χ0n) is 12.2. The van der Waals surface area contributed by atoms with Gasteiger partial charge < -0.3 is 15.2 Å². The fraction of sp³-hybridized carbons (Fsp3) is 0.188. The summed E-state index contributed by atoms with van der Waals surface area (Å²) in [5, 5.41) is 12.3. The predicted octanol–water partition coefficient (Wildman–Crippen LogP) is 3.03. The first-order valence-electron chi connectivity index (χ1n) is 6.83. The largest absolute Gasteiger partial charge is 0.435 e. The summed E-state index contributed by atoms with van der Waals surface area (Å²) >= 11 is 0. The summed E-state index contributed by atoms with van der Waals surface area (Å²) in [7, 11) is 0. The number of aliphatic hydroxyl groups excluding tert-OH is 1. The van der Waals surface area contributed by atoms with E-state index >= 15 is 0 Å². The van der Waals surface area contributed by atoms with E-state index in [9.17, 15) is 27.5 Å². The predicted molar refractivity (Wildman–Crippen MR) is 76.7 cm³/mol. The number of ether oxygens (including phenoxy) is 1. The molecule has 0 aliphatic carbocycles. The van der Waals surface area contributed by atoms with Crippen LogP contribution in [0.2, 0.25) is 0 Å². The fourth-order valence-electron chi connectivity index (χ4n) is 1.97. The molecule has 1 unspecified atom stereocenters. The molecule has 2 aromatic carbocycles. The highest BCUT2D eigenvalue weighted by Crippen LogP contribution is 2.20. The first-order chi connectivity index (χ1) is 11.4. The van der Waals surface area contributed by atoms with Gasteiger partial charge in [-0.3, -0.25) is 4.79 Å². The standard InChI is InChI=1S/C16H13F4NO3/c17-10-4-5-12(13(18)7-10)15(23)21-8-14(22)9-2-1-3-11(6-9)24-16(19)20/h1-7,14,16,22H,8H2,(H,21,23). The van der Waals surface area contributed by atoms with Gasteiger partial charge in [0.1, 0.15) is 17.4 Å². The summed E-state index contributed by atoms with van der Waals surface area (Å²) in [4.78, 5) is 11.8. The summed E-state index contributed by atoms with van der Waals surface area (Å²) in [5.41, 5.74) is -0.147. The molecule has 0 fully saturated rings. The van der Waals surface area contributed by atoms with Crippen LogP contribution in [-0.4, -0.2) is 24.2 Å². The van der Waals surface area contributed by atoms with Gasteiger partial charge in [0.05, 0.1) is 11.7 Å². The maximum atomic E-state index is 13.5. The number of benzene rings is 2. The second-order valence-electron chi connectivity index (χ2n) is 4.80. The molecule has 128 valence electrons. The number of hydrogen-bond donors (Lipinski definition) is 2. The van der Waals surface area contributed by atoms with Crippen LogP contribution in [0.25, 0.3) is 0 Å². The second kappa shape index (κ2) is 7.78. The number of hydrogen-bond acceptors (Lipinski definition) is 3. The maximum Gasteiger partial charge on any atom is 0.387 e.